The van der Waals surface area contributed by atoms with Crippen molar-refractivity contribution in [3.05, 3.63) is 35.4 Å². The van der Waals surface area contributed by atoms with Crippen LogP contribution in [-0.4, -0.2) is 29.6 Å². The number of carboxylic acid groups (broad SMARTS) is 1. The van der Waals surface area contributed by atoms with Crippen molar-refractivity contribution in [1.82, 2.24) is 5.32 Å². The number of carbonyl (C=O) groups excluding carboxylic acids is 1. The summed E-state index contributed by atoms with van der Waals surface area (Å²) in [5.74, 6) is -1.33. The van der Waals surface area contributed by atoms with E-state index in [1.807, 2.05) is 24.3 Å². The first-order chi connectivity index (χ1) is 9.41. The second-order valence-corrected chi connectivity index (χ2v) is 4.97. The maximum atomic E-state index is 12.0. The minimum absolute atomic E-state index is 0.153. The van der Waals surface area contributed by atoms with Gasteiger partial charge in [0.1, 0.15) is 5.54 Å². The van der Waals surface area contributed by atoms with Gasteiger partial charge in [0, 0.05) is 7.11 Å². The fraction of sp³-hybridized carbons (Fsp3) is 0.467. The van der Waals surface area contributed by atoms with E-state index in [2.05, 4.69) is 5.32 Å². The van der Waals surface area contributed by atoms with Crippen molar-refractivity contribution in [2.45, 2.75) is 38.8 Å². The molecular weight excluding hydrogens is 258 g/mol. The molecule has 0 saturated heterocycles. The first-order valence-electron chi connectivity index (χ1n) is 6.52. The van der Waals surface area contributed by atoms with Gasteiger partial charge in [-0.25, -0.2) is 4.79 Å². The van der Waals surface area contributed by atoms with Crippen molar-refractivity contribution in [2.24, 2.45) is 0 Å². The molecule has 5 heteroatoms. The van der Waals surface area contributed by atoms with Crippen LogP contribution >= 0.6 is 0 Å². The molecule has 20 heavy (non-hydrogen) atoms. The Morgan fingerprint density at radius 1 is 1.35 bits per heavy atom. The molecule has 1 aromatic rings. The lowest BCUT2D eigenvalue weighted by Gasteiger charge is -2.24. The average Bonchev–Trinajstić information content (AvgIpc) is 2.39. The molecule has 1 amide bonds. The molecule has 0 fully saturated rings. The van der Waals surface area contributed by atoms with Crippen molar-refractivity contribution in [2.75, 3.05) is 7.11 Å². The lowest BCUT2D eigenvalue weighted by molar-refractivity contribution is -0.146. The molecule has 1 aromatic carbocycles. The molecule has 0 aliphatic carbocycles. The summed E-state index contributed by atoms with van der Waals surface area (Å²) in [6, 6.07) is 7.49. The van der Waals surface area contributed by atoms with Gasteiger partial charge in [-0.05, 0) is 24.5 Å². The van der Waals surface area contributed by atoms with Crippen LogP contribution in [0.1, 0.15) is 31.4 Å². The van der Waals surface area contributed by atoms with Gasteiger partial charge in [-0.15, -0.1) is 0 Å². The van der Waals surface area contributed by atoms with Gasteiger partial charge in [-0.2, -0.15) is 0 Å². The largest absolute Gasteiger partial charge is 0.480 e. The Bertz CT molecular complexity index is 487. The summed E-state index contributed by atoms with van der Waals surface area (Å²) in [5, 5.41) is 11.7. The van der Waals surface area contributed by atoms with Crippen LogP contribution in [0.3, 0.4) is 0 Å². The Balaban J connectivity index is 2.71. The summed E-state index contributed by atoms with van der Waals surface area (Å²) in [6.45, 7) is 3.72. The zero-order chi connectivity index (χ0) is 15.2. The van der Waals surface area contributed by atoms with Gasteiger partial charge in [0.05, 0.1) is 13.0 Å². The number of hydrogen-bond acceptors (Lipinski definition) is 3. The van der Waals surface area contributed by atoms with Gasteiger partial charge in [0.2, 0.25) is 5.91 Å². The SMILES string of the molecule is CCC(C)(NC(=O)Cc1cccc(COC)c1)C(=O)O. The number of rotatable bonds is 7. The van der Waals surface area contributed by atoms with Crippen LogP contribution in [-0.2, 0) is 27.4 Å². The van der Waals surface area contributed by atoms with Crippen LogP contribution in [0.15, 0.2) is 24.3 Å². The number of carboxylic acids is 1. The second-order valence-electron chi connectivity index (χ2n) is 4.97. The molecule has 0 heterocycles. The fourth-order valence-corrected chi connectivity index (χ4v) is 1.83. The van der Waals surface area contributed by atoms with Crippen LogP contribution in [0.4, 0.5) is 0 Å². The molecule has 0 bridgehead atoms. The predicted molar refractivity (Wildman–Crippen MR) is 75.3 cm³/mol. The van der Waals surface area contributed by atoms with Crippen LogP contribution in [0.5, 0.6) is 0 Å². The molecule has 0 saturated carbocycles. The first-order valence-corrected chi connectivity index (χ1v) is 6.52. The Morgan fingerprint density at radius 3 is 2.55 bits per heavy atom. The third-order valence-corrected chi connectivity index (χ3v) is 3.26. The molecule has 0 radical (unpaired) electrons. The zero-order valence-corrected chi connectivity index (χ0v) is 12.1. The normalized spacial score (nSPS) is 13.6. The van der Waals surface area contributed by atoms with E-state index in [0.717, 1.165) is 11.1 Å². The quantitative estimate of drug-likeness (QED) is 0.797. The summed E-state index contributed by atoms with van der Waals surface area (Å²) in [6.07, 6.45) is 0.484. The Morgan fingerprint density at radius 2 is 2.00 bits per heavy atom. The number of nitrogens with one attached hydrogen (secondary N) is 1. The van der Waals surface area contributed by atoms with E-state index in [0.29, 0.717) is 13.0 Å². The van der Waals surface area contributed by atoms with Gasteiger partial charge >= 0.3 is 5.97 Å². The van der Waals surface area contributed by atoms with E-state index in [-0.39, 0.29) is 12.3 Å². The lowest BCUT2D eigenvalue weighted by atomic mass is 9.98. The maximum Gasteiger partial charge on any atom is 0.329 e. The molecule has 0 aliphatic rings. The van der Waals surface area contributed by atoms with E-state index in [9.17, 15) is 9.59 Å². The van der Waals surface area contributed by atoms with Crippen LogP contribution in [0, 0.1) is 0 Å². The Hall–Kier alpha value is -1.88. The lowest BCUT2D eigenvalue weighted by Crippen LogP contribution is -2.52. The number of methoxy groups -OCH3 is 1. The highest BCUT2D eigenvalue weighted by Crippen LogP contribution is 2.11. The number of benzene rings is 1. The summed E-state index contributed by atoms with van der Waals surface area (Å²) >= 11 is 0. The highest BCUT2D eigenvalue weighted by atomic mass is 16.5. The van der Waals surface area contributed by atoms with Gasteiger partial charge in [0.25, 0.3) is 0 Å². The van der Waals surface area contributed by atoms with Crippen LogP contribution in [0.2, 0.25) is 0 Å². The van der Waals surface area contributed by atoms with Gasteiger partial charge in [0.15, 0.2) is 0 Å². The van der Waals surface area contributed by atoms with Gasteiger partial charge < -0.3 is 15.2 Å². The summed E-state index contributed by atoms with van der Waals surface area (Å²) in [7, 11) is 1.61. The van der Waals surface area contributed by atoms with Gasteiger partial charge in [-0.1, -0.05) is 31.2 Å². The highest BCUT2D eigenvalue weighted by Gasteiger charge is 2.32. The van der Waals surface area contributed by atoms with Gasteiger partial charge in [-0.3, -0.25) is 4.79 Å². The number of ether oxygens (including phenoxy) is 1. The summed E-state index contributed by atoms with van der Waals surface area (Å²) in [4.78, 5) is 23.1. The van der Waals surface area contributed by atoms with E-state index in [1.54, 1.807) is 14.0 Å². The van der Waals surface area contributed by atoms with Crippen LogP contribution in [0.25, 0.3) is 0 Å². The van der Waals surface area contributed by atoms with Crippen molar-refractivity contribution < 1.29 is 19.4 Å². The van der Waals surface area contributed by atoms with Crippen molar-refractivity contribution in [1.29, 1.82) is 0 Å². The minimum Gasteiger partial charge on any atom is -0.480 e. The molecule has 0 spiro atoms. The molecule has 110 valence electrons. The molecule has 1 atom stereocenters. The number of amides is 1. The molecular formula is C15H21NO4. The summed E-state index contributed by atoms with van der Waals surface area (Å²) in [5.41, 5.74) is 0.594. The zero-order valence-electron chi connectivity index (χ0n) is 12.1. The van der Waals surface area contributed by atoms with E-state index in [4.69, 9.17) is 9.84 Å². The molecule has 1 rings (SSSR count). The summed E-state index contributed by atoms with van der Waals surface area (Å²) < 4.78 is 5.04. The second kappa shape index (κ2) is 7.05. The van der Waals surface area contributed by atoms with E-state index >= 15 is 0 Å². The molecule has 5 nitrogen and oxygen atoms in total. The maximum absolute atomic E-state index is 12.0. The predicted octanol–water partition coefficient (Wildman–Crippen LogP) is 1.74. The van der Waals surface area contributed by atoms with Crippen molar-refractivity contribution in [3.63, 3.8) is 0 Å². The van der Waals surface area contributed by atoms with Crippen molar-refractivity contribution in [3.8, 4) is 0 Å². The van der Waals surface area contributed by atoms with Crippen LogP contribution < -0.4 is 5.32 Å². The first kappa shape index (κ1) is 16.2. The third-order valence-electron chi connectivity index (χ3n) is 3.26. The third kappa shape index (κ3) is 4.35. The van der Waals surface area contributed by atoms with E-state index in [1.165, 1.54) is 6.92 Å². The minimum atomic E-state index is -1.22. The number of hydrogen-bond donors (Lipinski definition) is 2. The fourth-order valence-electron chi connectivity index (χ4n) is 1.83. The monoisotopic (exact) mass is 279 g/mol. The standard InChI is InChI=1S/C15H21NO4/c1-4-15(2,14(18)19)16-13(17)9-11-6-5-7-12(8-11)10-20-3/h5-8H,4,9-10H2,1-3H3,(H,16,17)(H,18,19). The average molecular weight is 279 g/mol. The Labute approximate surface area is 118 Å². The van der Waals surface area contributed by atoms with Crippen molar-refractivity contribution >= 4 is 11.9 Å². The van der Waals surface area contributed by atoms with E-state index < -0.39 is 11.5 Å². The smallest absolute Gasteiger partial charge is 0.329 e. The number of carbonyl (C=O) groups is 2. The molecule has 0 aliphatic heterocycles. The highest BCUT2D eigenvalue weighted by molar-refractivity contribution is 5.87. The topological polar surface area (TPSA) is 75.6 Å². The molecule has 2 N–H and O–H groups in total. The number of aliphatic carboxylic acids is 1. The molecule has 0 aromatic heterocycles. The molecule has 1 unspecified atom stereocenters. The Kier molecular flexibility index (Phi) is 5.70.